The molecule has 20 heavy (non-hydrogen) atoms. The first-order chi connectivity index (χ1) is 9.34. The third kappa shape index (κ3) is 2.45. The monoisotopic (exact) mass is 276 g/mol. The smallest absolute Gasteiger partial charge is 0.279 e. The van der Waals surface area contributed by atoms with E-state index in [0.29, 0.717) is 19.0 Å². The Morgan fingerprint density at radius 3 is 2.25 bits per heavy atom. The molecule has 1 aliphatic heterocycles. The van der Waals surface area contributed by atoms with Gasteiger partial charge in [0.15, 0.2) is 0 Å². The van der Waals surface area contributed by atoms with Gasteiger partial charge in [-0.1, -0.05) is 32.9 Å². The maximum Gasteiger partial charge on any atom is 0.279 e. The average molecular weight is 276 g/mol. The summed E-state index contributed by atoms with van der Waals surface area (Å²) in [6.07, 6.45) is 0. The predicted molar refractivity (Wildman–Crippen MR) is 80.0 cm³/mol. The summed E-state index contributed by atoms with van der Waals surface area (Å²) in [6, 6.07) is 6.14. The van der Waals surface area contributed by atoms with Crippen molar-refractivity contribution in [2.24, 2.45) is 0 Å². The molecule has 0 saturated heterocycles. The Hall–Kier alpha value is -1.39. The average Bonchev–Trinajstić information content (AvgIpc) is 2.62. The normalized spacial score (nSPS) is 16.9. The number of hydrogen-bond donors (Lipinski definition) is 2. The minimum Gasteiger partial charge on any atom is -0.329 e. The Morgan fingerprint density at radius 2 is 1.75 bits per heavy atom. The molecule has 0 bridgehead atoms. The lowest BCUT2D eigenvalue weighted by Gasteiger charge is -2.30. The summed E-state index contributed by atoms with van der Waals surface area (Å²) in [6.45, 7) is 11.4. The summed E-state index contributed by atoms with van der Waals surface area (Å²) < 4.78 is 11.6. The zero-order valence-corrected chi connectivity index (χ0v) is 13.0. The largest absolute Gasteiger partial charge is 0.329 e. The van der Waals surface area contributed by atoms with Crippen molar-refractivity contribution in [3.8, 4) is 0 Å². The Bertz CT molecular complexity index is 512. The molecular weight excluding hydrogens is 252 g/mol. The van der Waals surface area contributed by atoms with Crippen molar-refractivity contribution in [2.75, 3.05) is 13.2 Å². The standard InChI is InChI=1S/C16H24N2O2/c1-6-19-16(20-7-2)13-10-11(15(3,4)5)8-9-12(13)14(17)18-16/h8-10H,6-7H2,1-5H3,(H2,17,18). The zero-order valence-electron chi connectivity index (χ0n) is 13.0. The van der Waals surface area contributed by atoms with Crippen LogP contribution in [0.2, 0.25) is 0 Å². The Labute approximate surface area is 121 Å². The SMILES string of the molecule is CCOC1(OCC)NC(=N)c2ccc(C(C)(C)C)cc21. The van der Waals surface area contributed by atoms with Gasteiger partial charge >= 0.3 is 0 Å². The first-order valence-electron chi connectivity index (χ1n) is 7.14. The van der Waals surface area contributed by atoms with Crippen LogP contribution in [0.15, 0.2) is 18.2 Å². The molecule has 0 radical (unpaired) electrons. The number of nitrogens with one attached hydrogen (secondary N) is 2. The van der Waals surface area contributed by atoms with Gasteiger partial charge in [0.2, 0.25) is 0 Å². The molecule has 1 aromatic carbocycles. The predicted octanol–water partition coefficient (Wildman–Crippen LogP) is 3.10. The molecular formula is C16H24N2O2. The number of ether oxygens (including phenoxy) is 2. The van der Waals surface area contributed by atoms with Crippen molar-refractivity contribution in [3.63, 3.8) is 0 Å². The molecule has 110 valence electrons. The van der Waals surface area contributed by atoms with Gasteiger partial charge in [-0.25, -0.2) is 0 Å². The van der Waals surface area contributed by atoms with E-state index in [2.05, 4.69) is 38.2 Å². The minimum atomic E-state index is -1.02. The van der Waals surface area contributed by atoms with E-state index in [1.807, 2.05) is 19.9 Å². The molecule has 0 saturated carbocycles. The summed E-state index contributed by atoms with van der Waals surface area (Å²) in [5.41, 5.74) is 3.00. The molecule has 1 aliphatic rings. The molecule has 0 fully saturated rings. The molecule has 2 N–H and O–H groups in total. The lowest BCUT2D eigenvalue weighted by Crippen LogP contribution is -2.44. The van der Waals surface area contributed by atoms with Crippen LogP contribution in [0.4, 0.5) is 0 Å². The van der Waals surface area contributed by atoms with Crippen molar-refractivity contribution in [1.29, 1.82) is 5.41 Å². The van der Waals surface area contributed by atoms with Crippen molar-refractivity contribution in [2.45, 2.75) is 45.9 Å². The van der Waals surface area contributed by atoms with Crippen LogP contribution >= 0.6 is 0 Å². The van der Waals surface area contributed by atoms with Crippen molar-refractivity contribution in [1.82, 2.24) is 5.32 Å². The third-order valence-electron chi connectivity index (χ3n) is 3.49. The molecule has 0 amide bonds. The van der Waals surface area contributed by atoms with Gasteiger partial charge in [-0.05, 0) is 30.9 Å². The van der Waals surface area contributed by atoms with Crippen molar-refractivity contribution in [3.05, 3.63) is 34.9 Å². The second kappa shape index (κ2) is 5.19. The second-order valence-corrected chi connectivity index (χ2v) is 5.99. The Balaban J connectivity index is 2.56. The molecule has 0 aliphatic carbocycles. The van der Waals surface area contributed by atoms with Gasteiger partial charge in [0, 0.05) is 24.3 Å². The molecule has 4 nitrogen and oxygen atoms in total. The Morgan fingerprint density at radius 1 is 1.15 bits per heavy atom. The number of fused-ring (bicyclic) bond motifs is 1. The maximum atomic E-state index is 8.10. The fourth-order valence-corrected chi connectivity index (χ4v) is 2.48. The van der Waals surface area contributed by atoms with Gasteiger partial charge in [0.05, 0.1) is 0 Å². The minimum absolute atomic E-state index is 0.0456. The fraction of sp³-hybridized carbons (Fsp3) is 0.562. The van der Waals surface area contributed by atoms with Crippen LogP contribution in [0.5, 0.6) is 0 Å². The summed E-state index contributed by atoms with van der Waals surface area (Å²) in [5, 5.41) is 11.2. The third-order valence-corrected chi connectivity index (χ3v) is 3.49. The highest BCUT2D eigenvalue weighted by molar-refractivity contribution is 6.01. The summed E-state index contributed by atoms with van der Waals surface area (Å²) in [5.74, 6) is -0.667. The fourth-order valence-electron chi connectivity index (χ4n) is 2.48. The first kappa shape index (κ1) is 15.0. The van der Waals surface area contributed by atoms with Gasteiger partial charge in [0.25, 0.3) is 5.91 Å². The zero-order chi connectivity index (χ0) is 15.0. The van der Waals surface area contributed by atoms with Crippen LogP contribution < -0.4 is 5.32 Å². The highest BCUT2D eigenvalue weighted by Crippen LogP contribution is 2.36. The van der Waals surface area contributed by atoms with Crippen LogP contribution in [-0.2, 0) is 20.8 Å². The van der Waals surface area contributed by atoms with Gasteiger partial charge in [-0.3, -0.25) is 5.41 Å². The van der Waals surface area contributed by atoms with E-state index in [4.69, 9.17) is 14.9 Å². The van der Waals surface area contributed by atoms with Crippen molar-refractivity contribution >= 4 is 5.84 Å². The molecule has 0 spiro atoms. The lowest BCUT2D eigenvalue weighted by molar-refractivity contribution is -0.249. The number of benzene rings is 1. The maximum absolute atomic E-state index is 8.10. The number of rotatable bonds is 4. The lowest BCUT2D eigenvalue weighted by atomic mass is 9.85. The highest BCUT2D eigenvalue weighted by Gasteiger charge is 2.44. The molecule has 0 aromatic heterocycles. The topological polar surface area (TPSA) is 54.3 Å². The summed E-state index contributed by atoms with van der Waals surface area (Å²) in [7, 11) is 0. The molecule has 0 unspecified atom stereocenters. The number of amidine groups is 1. The van der Waals surface area contributed by atoms with E-state index < -0.39 is 5.91 Å². The van der Waals surface area contributed by atoms with Crippen LogP contribution in [0.3, 0.4) is 0 Å². The molecule has 0 atom stereocenters. The van der Waals surface area contributed by atoms with E-state index in [0.717, 1.165) is 11.1 Å². The van der Waals surface area contributed by atoms with Crippen molar-refractivity contribution < 1.29 is 9.47 Å². The Kier molecular flexibility index (Phi) is 3.89. The van der Waals surface area contributed by atoms with E-state index >= 15 is 0 Å². The van der Waals surface area contributed by atoms with E-state index in [9.17, 15) is 0 Å². The molecule has 1 aromatic rings. The van der Waals surface area contributed by atoms with Crippen LogP contribution in [-0.4, -0.2) is 19.0 Å². The van der Waals surface area contributed by atoms with E-state index in [-0.39, 0.29) is 5.41 Å². The summed E-state index contributed by atoms with van der Waals surface area (Å²) in [4.78, 5) is 0. The van der Waals surface area contributed by atoms with E-state index in [1.54, 1.807) is 0 Å². The van der Waals surface area contributed by atoms with Gasteiger partial charge in [-0.2, -0.15) is 0 Å². The second-order valence-electron chi connectivity index (χ2n) is 5.99. The van der Waals surface area contributed by atoms with Gasteiger partial charge in [-0.15, -0.1) is 0 Å². The van der Waals surface area contributed by atoms with Crippen LogP contribution in [0, 0.1) is 5.41 Å². The van der Waals surface area contributed by atoms with Gasteiger partial charge in [0.1, 0.15) is 5.84 Å². The van der Waals surface area contributed by atoms with Gasteiger partial charge < -0.3 is 14.8 Å². The summed E-state index contributed by atoms with van der Waals surface area (Å²) >= 11 is 0. The quantitative estimate of drug-likeness (QED) is 0.831. The molecule has 1 heterocycles. The first-order valence-corrected chi connectivity index (χ1v) is 7.14. The van der Waals surface area contributed by atoms with E-state index in [1.165, 1.54) is 5.56 Å². The van der Waals surface area contributed by atoms with Crippen LogP contribution in [0.25, 0.3) is 0 Å². The number of hydrogen-bond acceptors (Lipinski definition) is 3. The van der Waals surface area contributed by atoms with Crippen LogP contribution in [0.1, 0.15) is 51.3 Å². The molecule has 4 heteroatoms. The highest BCUT2D eigenvalue weighted by atomic mass is 16.7. The molecule has 2 rings (SSSR count).